The van der Waals surface area contributed by atoms with E-state index in [0.29, 0.717) is 16.8 Å². The van der Waals surface area contributed by atoms with Gasteiger partial charge in [-0.05, 0) is 56.4 Å². The number of anilines is 1. The lowest BCUT2D eigenvalue weighted by Crippen LogP contribution is -2.41. The lowest BCUT2D eigenvalue weighted by molar-refractivity contribution is -0.137. The molecule has 0 spiro atoms. The molecule has 1 aromatic carbocycles. The average Bonchev–Trinajstić information content (AvgIpc) is 2.97. The molecule has 0 aromatic heterocycles. The minimum Gasteiger partial charge on any atom is -0.323 e. The summed E-state index contributed by atoms with van der Waals surface area (Å²) in [6.07, 6.45) is -2.01. The molecule has 0 saturated heterocycles. The highest BCUT2D eigenvalue weighted by Crippen LogP contribution is 2.34. The molecule has 2 unspecified atom stereocenters. The number of hydrogen-bond acceptors (Lipinski definition) is 2. The largest absolute Gasteiger partial charge is 0.416 e. The van der Waals surface area contributed by atoms with Gasteiger partial charge < -0.3 is 10.2 Å². The minimum atomic E-state index is -4.42. The molecular formula is C17H20F3N3O. The summed E-state index contributed by atoms with van der Waals surface area (Å²) in [5.41, 5.74) is 0.357. The van der Waals surface area contributed by atoms with Crippen LogP contribution in [0.5, 0.6) is 0 Å². The molecule has 1 saturated carbocycles. The Kier molecular flexibility index (Phi) is 5.07. The second-order valence-electron chi connectivity index (χ2n) is 6.26. The average molecular weight is 339 g/mol. The molecule has 4 nitrogen and oxygen atoms in total. The van der Waals surface area contributed by atoms with E-state index >= 15 is 0 Å². The Balaban J connectivity index is 2.19. The molecule has 1 aromatic rings. The molecule has 7 heteroatoms. The summed E-state index contributed by atoms with van der Waals surface area (Å²) in [7, 11) is 1.62. The van der Waals surface area contributed by atoms with Crippen LogP contribution in [0, 0.1) is 31.1 Å². The van der Waals surface area contributed by atoms with Gasteiger partial charge in [-0.3, -0.25) is 0 Å². The van der Waals surface area contributed by atoms with E-state index in [-0.39, 0.29) is 12.0 Å². The zero-order valence-electron chi connectivity index (χ0n) is 13.9. The second kappa shape index (κ2) is 6.71. The highest BCUT2D eigenvalue weighted by molar-refractivity contribution is 5.91. The zero-order valence-corrected chi connectivity index (χ0v) is 13.9. The van der Waals surface area contributed by atoms with Gasteiger partial charge >= 0.3 is 12.2 Å². The lowest BCUT2D eigenvalue weighted by Gasteiger charge is -2.27. The van der Waals surface area contributed by atoms with Crippen molar-refractivity contribution in [3.8, 4) is 6.07 Å². The van der Waals surface area contributed by atoms with Gasteiger partial charge in [0.25, 0.3) is 0 Å². The number of amides is 2. The fourth-order valence-electron chi connectivity index (χ4n) is 3.22. The van der Waals surface area contributed by atoms with E-state index in [9.17, 15) is 18.0 Å². The van der Waals surface area contributed by atoms with E-state index in [1.54, 1.807) is 7.05 Å². The summed E-state index contributed by atoms with van der Waals surface area (Å²) in [6, 6.07) is 3.69. The SMILES string of the molecule is Cc1cc(C(F)(F)F)cc(C)c1NC(=O)N(C)C1CCCC1C#N. The van der Waals surface area contributed by atoms with Crippen molar-refractivity contribution in [1.29, 1.82) is 5.26 Å². The topological polar surface area (TPSA) is 56.1 Å². The number of carbonyl (C=O) groups excluding carboxylic acids is 1. The Morgan fingerprint density at radius 2 is 1.88 bits per heavy atom. The van der Waals surface area contributed by atoms with E-state index in [2.05, 4.69) is 11.4 Å². The molecule has 1 aliphatic carbocycles. The van der Waals surface area contributed by atoms with Gasteiger partial charge in [-0.2, -0.15) is 18.4 Å². The van der Waals surface area contributed by atoms with Crippen LogP contribution in [-0.2, 0) is 6.18 Å². The molecule has 0 bridgehead atoms. The zero-order chi connectivity index (χ0) is 18.1. The summed E-state index contributed by atoms with van der Waals surface area (Å²) in [5.74, 6) is -0.199. The summed E-state index contributed by atoms with van der Waals surface area (Å²) in [4.78, 5) is 13.9. The molecule has 2 rings (SSSR count). The van der Waals surface area contributed by atoms with Crippen LogP contribution < -0.4 is 5.32 Å². The predicted octanol–water partition coefficient (Wildman–Crippen LogP) is 4.48. The van der Waals surface area contributed by atoms with E-state index in [4.69, 9.17) is 5.26 Å². The van der Waals surface area contributed by atoms with E-state index in [1.807, 2.05) is 0 Å². The first-order valence-electron chi connectivity index (χ1n) is 7.77. The first-order valence-corrected chi connectivity index (χ1v) is 7.77. The maximum Gasteiger partial charge on any atom is 0.416 e. The van der Waals surface area contributed by atoms with Crippen LogP contribution in [0.15, 0.2) is 12.1 Å². The van der Waals surface area contributed by atoms with Crippen LogP contribution in [0.1, 0.15) is 36.0 Å². The Hall–Kier alpha value is -2.23. The molecule has 1 aliphatic rings. The quantitative estimate of drug-likeness (QED) is 0.864. The second-order valence-corrected chi connectivity index (χ2v) is 6.26. The number of nitriles is 1. The third kappa shape index (κ3) is 3.64. The van der Waals surface area contributed by atoms with Crippen LogP contribution in [0.4, 0.5) is 23.7 Å². The number of aryl methyl sites for hydroxylation is 2. The van der Waals surface area contributed by atoms with E-state index in [0.717, 1.165) is 31.4 Å². The summed E-state index contributed by atoms with van der Waals surface area (Å²) in [5, 5.41) is 11.8. The normalized spacial score (nSPS) is 20.5. The number of alkyl halides is 3. The molecule has 1 fully saturated rings. The maximum atomic E-state index is 12.8. The summed E-state index contributed by atoms with van der Waals surface area (Å²) < 4.78 is 38.5. The van der Waals surface area contributed by atoms with Gasteiger partial charge in [-0.25, -0.2) is 4.79 Å². The van der Waals surface area contributed by atoms with Crippen LogP contribution in [0.2, 0.25) is 0 Å². The molecule has 0 aliphatic heterocycles. The van der Waals surface area contributed by atoms with Gasteiger partial charge in [0.05, 0.1) is 17.6 Å². The van der Waals surface area contributed by atoms with Crippen molar-refractivity contribution >= 4 is 11.7 Å². The molecule has 130 valence electrons. The van der Waals surface area contributed by atoms with Crippen molar-refractivity contribution in [2.75, 3.05) is 12.4 Å². The maximum absolute atomic E-state index is 12.8. The van der Waals surface area contributed by atoms with Crippen molar-refractivity contribution in [2.45, 2.75) is 45.3 Å². The smallest absolute Gasteiger partial charge is 0.323 e. The van der Waals surface area contributed by atoms with Crippen LogP contribution in [-0.4, -0.2) is 24.0 Å². The van der Waals surface area contributed by atoms with Crippen molar-refractivity contribution < 1.29 is 18.0 Å². The number of benzene rings is 1. The van der Waals surface area contributed by atoms with Gasteiger partial charge in [0.2, 0.25) is 0 Å². The fourth-order valence-corrected chi connectivity index (χ4v) is 3.22. The summed E-state index contributed by atoms with van der Waals surface area (Å²) >= 11 is 0. The van der Waals surface area contributed by atoms with Crippen molar-refractivity contribution in [1.82, 2.24) is 4.90 Å². The predicted molar refractivity (Wildman–Crippen MR) is 84.4 cm³/mol. The molecule has 1 N–H and O–H groups in total. The Bertz CT molecular complexity index is 656. The lowest BCUT2D eigenvalue weighted by atomic mass is 10.0. The number of urea groups is 1. The summed E-state index contributed by atoms with van der Waals surface area (Å²) in [6.45, 7) is 3.07. The molecule has 2 atom stereocenters. The van der Waals surface area contributed by atoms with Gasteiger partial charge in [-0.15, -0.1) is 0 Å². The number of halogens is 3. The first-order chi connectivity index (χ1) is 11.1. The van der Waals surface area contributed by atoms with Gasteiger partial charge in [0.1, 0.15) is 0 Å². The van der Waals surface area contributed by atoms with Gasteiger partial charge in [0.15, 0.2) is 0 Å². The third-order valence-electron chi connectivity index (χ3n) is 4.56. The van der Waals surface area contributed by atoms with Crippen molar-refractivity contribution in [3.63, 3.8) is 0 Å². The molecule has 24 heavy (non-hydrogen) atoms. The Labute approximate surface area is 139 Å². The number of nitrogens with one attached hydrogen (secondary N) is 1. The van der Waals surface area contributed by atoms with Gasteiger partial charge in [0, 0.05) is 18.8 Å². The van der Waals surface area contributed by atoms with Gasteiger partial charge in [-0.1, -0.05) is 0 Å². The molecule has 2 amide bonds. The van der Waals surface area contributed by atoms with Crippen molar-refractivity contribution in [2.24, 2.45) is 5.92 Å². The van der Waals surface area contributed by atoms with E-state index < -0.39 is 17.8 Å². The van der Waals surface area contributed by atoms with Crippen LogP contribution in [0.3, 0.4) is 0 Å². The molecular weight excluding hydrogens is 319 g/mol. The van der Waals surface area contributed by atoms with Crippen LogP contribution in [0.25, 0.3) is 0 Å². The molecule has 0 heterocycles. The highest BCUT2D eigenvalue weighted by Gasteiger charge is 2.34. The van der Waals surface area contributed by atoms with Crippen LogP contribution >= 0.6 is 0 Å². The van der Waals surface area contributed by atoms with Crippen molar-refractivity contribution in [3.05, 3.63) is 28.8 Å². The fraction of sp³-hybridized carbons (Fsp3) is 0.529. The Morgan fingerprint density at radius 1 is 1.29 bits per heavy atom. The standard InChI is InChI=1S/C17H20F3N3O/c1-10-7-13(17(18,19)20)8-11(2)15(10)22-16(24)23(3)14-6-4-5-12(14)9-21/h7-8,12,14H,4-6H2,1-3H3,(H,22,24). The number of hydrogen-bond donors (Lipinski definition) is 1. The first kappa shape index (κ1) is 18.1. The number of rotatable bonds is 2. The van der Waals surface area contributed by atoms with E-state index in [1.165, 1.54) is 18.7 Å². The minimum absolute atomic E-state index is 0.162. The number of carbonyl (C=O) groups is 1. The monoisotopic (exact) mass is 339 g/mol. The molecule has 0 radical (unpaired) electrons. The number of nitrogens with zero attached hydrogens (tertiary/aromatic N) is 2. The Morgan fingerprint density at radius 3 is 2.38 bits per heavy atom. The third-order valence-corrected chi connectivity index (χ3v) is 4.56. The highest BCUT2D eigenvalue weighted by atomic mass is 19.4.